The Morgan fingerprint density at radius 2 is 2.10 bits per heavy atom. The molecule has 1 N–H and O–H groups in total. The lowest BCUT2D eigenvalue weighted by Gasteiger charge is -2.23. The van der Waals surface area contributed by atoms with Gasteiger partial charge in [0.15, 0.2) is 0 Å². The molecule has 4 heteroatoms. The summed E-state index contributed by atoms with van der Waals surface area (Å²) >= 11 is 0. The van der Waals surface area contributed by atoms with Gasteiger partial charge in [-0.3, -0.25) is 0 Å². The number of nitrogens with zero attached hydrogens (tertiary/aromatic N) is 1. The summed E-state index contributed by atoms with van der Waals surface area (Å²) in [7, 11) is 0. The third kappa shape index (κ3) is 5.64. The van der Waals surface area contributed by atoms with Crippen molar-refractivity contribution in [2.24, 2.45) is 0 Å². The zero-order valence-corrected chi connectivity index (χ0v) is 13.5. The molecular formula is C17H28N2O2. The fraction of sp³-hybridized carbons (Fsp3) is 0.706. The van der Waals surface area contributed by atoms with E-state index in [1.165, 1.54) is 5.56 Å². The fourth-order valence-corrected chi connectivity index (χ4v) is 2.45. The van der Waals surface area contributed by atoms with Gasteiger partial charge in [-0.25, -0.2) is 4.98 Å². The van der Waals surface area contributed by atoms with Gasteiger partial charge in [0, 0.05) is 37.2 Å². The summed E-state index contributed by atoms with van der Waals surface area (Å²) in [5.41, 5.74) is 2.38. The minimum Gasteiger partial charge on any atom is -0.474 e. The lowest BCUT2D eigenvalue weighted by atomic mass is 10.1. The Bertz CT molecular complexity index is 429. The van der Waals surface area contributed by atoms with E-state index < -0.39 is 0 Å². The molecule has 0 aromatic carbocycles. The van der Waals surface area contributed by atoms with Gasteiger partial charge in [0.1, 0.15) is 6.10 Å². The topological polar surface area (TPSA) is 43.4 Å². The largest absolute Gasteiger partial charge is 0.474 e. The van der Waals surface area contributed by atoms with Gasteiger partial charge in [-0.1, -0.05) is 27.2 Å². The lowest BCUT2D eigenvalue weighted by Crippen LogP contribution is -2.26. The van der Waals surface area contributed by atoms with Crippen molar-refractivity contribution in [3.05, 3.63) is 23.4 Å². The Labute approximate surface area is 128 Å². The molecule has 0 atom stereocenters. The fourth-order valence-electron chi connectivity index (χ4n) is 2.45. The van der Waals surface area contributed by atoms with Gasteiger partial charge in [0.2, 0.25) is 5.88 Å². The van der Waals surface area contributed by atoms with Crippen molar-refractivity contribution >= 4 is 0 Å². The van der Waals surface area contributed by atoms with Crippen molar-refractivity contribution in [2.75, 3.05) is 13.2 Å². The van der Waals surface area contributed by atoms with E-state index in [4.69, 9.17) is 9.47 Å². The maximum Gasteiger partial charge on any atom is 0.214 e. The van der Waals surface area contributed by atoms with Crippen molar-refractivity contribution in [2.45, 2.75) is 65.1 Å². The van der Waals surface area contributed by atoms with Crippen molar-refractivity contribution in [3.63, 3.8) is 0 Å². The summed E-state index contributed by atoms with van der Waals surface area (Å²) in [6, 6.07) is 4.74. The van der Waals surface area contributed by atoms with Gasteiger partial charge in [-0.15, -0.1) is 0 Å². The summed E-state index contributed by atoms with van der Waals surface area (Å²) in [5, 5.41) is 3.46. The summed E-state index contributed by atoms with van der Waals surface area (Å²) in [6.45, 7) is 8.95. The number of pyridine rings is 1. The molecule has 1 aliphatic heterocycles. The van der Waals surface area contributed by atoms with E-state index >= 15 is 0 Å². The van der Waals surface area contributed by atoms with Gasteiger partial charge < -0.3 is 14.8 Å². The minimum atomic E-state index is 0.244. The summed E-state index contributed by atoms with van der Waals surface area (Å²) in [6.07, 6.45) is 4.26. The maximum atomic E-state index is 6.07. The Morgan fingerprint density at radius 3 is 2.76 bits per heavy atom. The molecule has 1 saturated heterocycles. The molecular weight excluding hydrogens is 264 g/mol. The number of ether oxygens (including phenoxy) is 2. The van der Waals surface area contributed by atoms with Crippen LogP contribution in [-0.2, 0) is 17.7 Å². The Kier molecular flexibility index (Phi) is 6.46. The molecule has 2 heterocycles. The Hall–Kier alpha value is -1.13. The van der Waals surface area contributed by atoms with E-state index in [9.17, 15) is 0 Å². The van der Waals surface area contributed by atoms with Crippen molar-refractivity contribution in [3.8, 4) is 5.88 Å². The van der Waals surface area contributed by atoms with Crippen LogP contribution in [0.15, 0.2) is 12.1 Å². The first-order valence-electron chi connectivity index (χ1n) is 8.15. The normalized spacial score (nSPS) is 16.4. The summed E-state index contributed by atoms with van der Waals surface area (Å²) < 4.78 is 11.4. The van der Waals surface area contributed by atoms with Crippen molar-refractivity contribution in [1.29, 1.82) is 0 Å². The first-order valence-corrected chi connectivity index (χ1v) is 8.15. The van der Waals surface area contributed by atoms with E-state index in [0.29, 0.717) is 6.04 Å². The Morgan fingerprint density at radius 1 is 1.33 bits per heavy atom. The van der Waals surface area contributed by atoms with Crippen molar-refractivity contribution in [1.82, 2.24) is 10.3 Å². The van der Waals surface area contributed by atoms with Crippen LogP contribution >= 0.6 is 0 Å². The average molecular weight is 292 g/mol. The van der Waals surface area contributed by atoms with E-state index in [1.807, 2.05) is 0 Å². The minimum absolute atomic E-state index is 0.244. The van der Waals surface area contributed by atoms with Crippen LogP contribution in [0.2, 0.25) is 0 Å². The first kappa shape index (κ1) is 16.2. The van der Waals surface area contributed by atoms with E-state index in [2.05, 4.69) is 43.2 Å². The second-order valence-electron chi connectivity index (χ2n) is 6.02. The molecule has 0 spiro atoms. The molecule has 0 radical (unpaired) electrons. The molecule has 21 heavy (non-hydrogen) atoms. The average Bonchev–Trinajstić information content (AvgIpc) is 2.46. The number of hydrogen-bond acceptors (Lipinski definition) is 4. The number of hydrogen-bond donors (Lipinski definition) is 1. The van der Waals surface area contributed by atoms with Crippen molar-refractivity contribution < 1.29 is 9.47 Å². The molecule has 0 bridgehead atoms. The zero-order valence-electron chi connectivity index (χ0n) is 13.5. The van der Waals surface area contributed by atoms with Crippen LogP contribution in [0.25, 0.3) is 0 Å². The maximum absolute atomic E-state index is 6.07. The number of aryl methyl sites for hydroxylation is 1. The smallest absolute Gasteiger partial charge is 0.214 e. The van der Waals surface area contributed by atoms with Crippen LogP contribution in [0.4, 0.5) is 0 Å². The summed E-state index contributed by atoms with van der Waals surface area (Å²) in [5.74, 6) is 0.772. The second kappa shape index (κ2) is 8.35. The van der Waals surface area contributed by atoms with Crippen LogP contribution in [0, 0.1) is 0 Å². The first-order chi connectivity index (χ1) is 10.2. The lowest BCUT2D eigenvalue weighted by molar-refractivity contribution is 0.0236. The van der Waals surface area contributed by atoms with Crippen LogP contribution in [0.5, 0.6) is 5.88 Å². The van der Waals surface area contributed by atoms with Crippen LogP contribution in [-0.4, -0.2) is 30.3 Å². The number of aromatic nitrogens is 1. The number of nitrogens with one attached hydrogen (secondary N) is 1. The van der Waals surface area contributed by atoms with Gasteiger partial charge in [-0.2, -0.15) is 0 Å². The highest BCUT2D eigenvalue weighted by molar-refractivity contribution is 5.25. The molecule has 0 saturated carbocycles. The highest BCUT2D eigenvalue weighted by Gasteiger charge is 2.16. The third-order valence-corrected chi connectivity index (χ3v) is 3.59. The predicted molar refractivity (Wildman–Crippen MR) is 84.7 cm³/mol. The molecule has 0 unspecified atom stereocenters. The number of rotatable bonds is 7. The van der Waals surface area contributed by atoms with E-state index in [1.54, 1.807) is 0 Å². The molecule has 1 aliphatic rings. The molecule has 0 aliphatic carbocycles. The molecule has 4 nitrogen and oxygen atoms in total. The van der Waals surface area contributed by atoms with Gasteiger partial charge in [0.25, 0.3) is 0 Å². The van der Waals surface area contributed by atoms with Gasteiger partial charge in [-0.05, 0) is 18.1 Å². The quantitative estimate of drug-likeness (QED) is 0.838. The zero-order chi connectivity index (χ0) is 15.1. The van der Waals surface area contributed by atoms with Crippen LogP contribution < -0.4 is 10.1 Å². The highest BCUT2D eigenvalue weighted by atomic mass is 16.5. The van der Waals surface area contributed by atoms with E-state index in [0.717, 1.165) is 57.0 Å². The van der Waals surface area contributed by atoms with E-state index in [-0.39, 0.29) is 6.10 Å². The Balaban J connectivity index is 2.06. The predicted octanol–water partition coefficient (Wildman–Crippen LogP) is 3.09. The highest BCUT2D eigenvalue weighted by Crippen LogP contribution is 2.19. The van der Waals surface area contributed by atoms with Crippen LogP contribution in [0.1, 0.15) is 51.3 Å². The SMILES string of the molecule is CCCc1cc(CNC(C)C)cc(OC2CCOCC2)n1. The molecule has 2 rings (SSSR count). The molecule has 118 valence electrons. The summed E-state index contributed by atoms with van der Waals surface area (Å²) in [4.78, 5) is 4.65. The standard InChI is InChI=1S/C17H28N2O2/c1-4-5-15-10-14(12-18-13(2)3)11-17(19-15)21-16-6-8-20-9-7-16/h10-11,13,16,18H,4-9,12H2,1-3H3. The van der Waals surface area contributed by atoms with Gasteiger partial charge in [0.05, 0.1) is 13.2 Å². The van der Waals surface area contributed by atoms with Gasteiger partial charge >= 0.3 is 0 Å². The molecule has 1 aromatic rings. The second-order valence-corrected chi connectivity index (χ2v) is 6.02. The molecule has 1 aromatic heterocycles. The third-order valence-electron chi connectivity index (χ3n) is 3.59. The molecule has 1 fully saturated rings. The monoisotopic (exact) mass is 292 g/mol. The van der Waals surface area contributed by atoms with Crippen LogP contribution in [0.3, 0.4) is 0 Å². The molecule has 0 amide bonds.